The molecule has 86 valence electrons. The summed E-state index contributed by atoms with van der Waals surface area (Å²) < 4.78 is 4.98. The van der Waals surface area contributed by atoms with Crippen LogP contribution in [0.15, 0.2) is 18.2 Å². The highest BCUT2D eigenvalue weighted by molar-refractivity contribution is 5.97. The van der Waals surface area contributed by atoms with Gasteiger partial charge in [0.2, 0.25) is 0 Å². The predicted octanol–water partition coefficient (Wildman–Crippen LogP) is 1.31. The number of rotatable bonds is 3. The second-order valence-electron chi connectivity index (χ2n) is 3.34. The molecule has 0 radical (unpaired) electrons. The van der Waals surface area contributed by atoms with E-state index in [1.54, 1.807) is 14.1 Å². The van der Waals surface area contributed by atoms with E-state index in [-0.39, 0.29) is 17.2 Å². The number of methoxy groups -OCH3 is 1. The number of nitro groups is 1. The first-order chi connectivity index (χ1) is 7.47. The van der Waals surface area contributed by atoms with Gasteiger partial charge in [0, 0.05) is 26.2 Å². The molecule has 1 rings (SSSR count). The Morgan fingerprint density at radius 1 is 1.44 bits per heavy atom. The summed E-state index contributed by atoms with van der Waals surface area (Å²) in [6.45, 7) is 0. The zero-order valence-electron chi connectivity index (χ0n) is 9.26. The van der Waals surface area contributed by atoms with E-state index in [1.165, 1.54) is 30.2 Å². The molecule has 0 unspecified atom stereocenters. The topological polar surface area (TPSA) is 72.7 Å². The zero-order chi connectivity index (χ0) is 12.3. The van der Waals surface area contributed by atoms with Gasteiger partial charge in [-0.25, -0.2) is 0 Å². The molecule has 0 fully saturated rings. The van der Waals surface area contributed by atoms with Gasteiger partial charge in [-0.05, 0) is 6.07 Å². The number of hydrogen-bond donors (Lipinski definition) is 0. The standard InChI is InChI=1S/C10H12N2O4/c1-11(2)10(13)8-6-7(12(14)15)4-5-9(8)16-3/h4-6H,1-3H3. The highest BCUT2D eigenvalue weighted by atomic mass is 16.6. The van der Waals surface area contributed by atoms with Crippen LogP contribution in [0.3, 0.4) is 0 Å². The van der Waals surface area contributed by atoms with E-state index in [2.05, 4.69) is 0 Å². The SMILES string of the molecule is COc1ccc([N+](=O)[O-])cc1C(=O)N(C)C. The largest absolute Gasteiger partial charge is 0.496 e. The molecular formula is C10H12N2O4. The van der Waals surface area contributed by atoms with Crippen molar-refractivity contribution in [3.05, 3.63) is 33.9 Å². The molecule has 0 saturated heterocycles. The van der Waals surface area contributed by atoms with Crippen molar-refractivity contribution in [3.8, 4) is 5.75 Å². The van der Waals surface area contributed by atoms with E-state index in [0.29, 0.717) is 5.75 Å². The Morgan fingerprint density at radius 2 is 2.06 bits per heavy atom. The number of nitrogens with zero attached hydrogens (tertiary/aromatic N) is 2. The summed E-state index contributed by atoms with van der Waals surface area (Å²) >= 11 is 0. The van der Waals surface area contributed by atoms with E-state index < -0.39 is 4.92 Å². The fraction of sp³-hybridized carbons (Fsp3) is 0.300. The molecule has 0 heterocycles. The molecular weight excluding hydrogens is 212 g/mol. The summed E-state index contributed by atoms with van der Waals surface area (Å²) in [4.78, 5) is 23.1. The lowest BCUT2D eigenvalue weighted by molar-refractivity contribution is -0.384. The van der Waals surface area contributed by atoms with Crippen molar-refractivity contribution in [2.45, 2.75) is 0 Å². The maximum Gasteiger partial charge on any atom is 0.270 e. The minimum absolute atomic E-state index is 0.133. The van der Waals surface area contributed by atoms with Crippen molar-refractivity contribution in [1.82, 2.24) is 4.90 Å². The Morgan fingerprint density at radius 3 is 2.50 bits per heavy atom. The fourth-order valence-corrected chi connectivity index (χ4v) is 1.22. The summed E-state index contributed by atoms with van der Waals surface area (Å²) in [6, 6.07) is 3.92. The van der Waals surface area contributed by atoms with Crippen LogP contribution in [0.25, 0.3) is 0 Å². The van der Waals surface area contributed by atoms with E-state index in [9.17, 15) is 14.9 Å². The first-order valence-electron chi connectivity index (χ1n) is 4.51. The summed E-state index contributed by atoms with van der Waals surface area (Å²) in [5.41, 5.74) is 0.0488. The Balaban J connectivity index is 3.27. The van der Waals surface area contributed by atoms with Crippen molar-refractivity contribution in [2.75, 3.05) is 21.2 Å². The molecule has 0 aliphatic carbocycles. The van der Waals surface area contributed by atoms with E-state index >= 15 is 0 Å². The molecule has 0 atom stereocenters. The lowest BCUT2D eigenvalue weighted by Crippen LogP contribution is -2.22. The quantitative estimate of drug-likeness (QED) is 0.573. The number of nitro benzene ring substituents is 1. The van der Waals surface area contributed by atoms with E-state index in [1.807, 2.05) is 0 Å². The van der Waals surface area contributed by atoms with Crippen molar-refractivity contribution in [2.24, 2.45) is 0 Å². The molecule has 0 aliphatic heterocycles. The van der Waals surface area contributed by atoms with Crippen LogP contribution in [0.2, 0.25) is 0 Å². The van der Waals surface area contributed by atoms with Crippen LogP contribution in [0.4, 0.5) is 5.69 Å². The van der Waals surface area contributed by atoms with Crippen LogP contribution in [0.1, 0.15) is 10.4 Å². The van der Waals surface area contributed by atoms with Crippen LogP contribution in [0, 0.1) is 10.1 Å². The highest BCUT2D eigenvalue weighted by Gasteiger charge is 2.18. The number of amides is 1. The molecule has 0 bridgehead atoms. The molecule has 0 aromatic heterocycles. The summed E-state index contributed by atoms with van der Waals surface area (Å²) in [6.07, 6.45) is 0. The average Bonchev–Trinajstić information content (AvgIpc) is 2.26. The lowest BCUT2D eigenvalue weighted by atomic mass is 10.1. The van der Waals surface area contributed by atoms with Crippen LogP contribution in [-0.2, 0) is 0 Å². The zero-order valence-corrected chi connectivity index (χ0v) is 9.26. The first-order valence-corrected chi connectivity index (χ1v) is 4.51. The maximum atomic E-state index is 11.7. The third-order valence-electron chi connectivity index (χ3n) is 2.03. The summed E-state index contributed by atoms with van der Waals surface area (Å²) in [5, 5.41) is 10.6. The van der Waals surface area contributed by atoms with E-state index in [4.69, 9.17) is 4.74 Å². The highest BCUT2D eigenvalue weighted by Crippen LogP contribution is 2.24. The van der Waals surface area contributed by atoms with Crippen LogP contribution in [0.5, 0.6) is 5.75 Å². The molecule has 16 heavy (non-hydrogen) atoms. The van der Waals surface area contributed by atoms with Crippen molar-refractivity contribution in [3.63, 3.8) is 0 Å². The monoisotopic (exact) mass is 224 g/mol. The van der Waals surface area contributed by atoms with Gasteiger partial charge in [-0.2, -0.15) is 0 Å². The maximum absolute atomic E-state index is 11.7. The molecule has 6 nitrogen and oxygen atoms in total. The van der Waals surface area contributed by atoms with Gasteiger partial charge < -0.3 is 9.64 Å². The third-order valence-corrected chi connectivity index (χ3v) is 2.03. The third kappa shape index (κ3) is 2.28. The van der Waals surface area contributed by atoms with Crippen LogP contribution >= 0.6 is 0 Å². The van der Waals surface area contributed by atoms with Crippen molar-refractivity contribution >= 4 is 11.6 Å². The number of carbonyl (C=O) groups is 1. The summed E-state index contributed by atoms with van der Waals surface area (Å²) in [7, 11) is 4.55. The Bertz CT molecular complexity index is 429. The lowest BCUT2D eigenvalue weighted by Gasteiger charge is -2.12. The Hall–Kier alpha value is -2.11. The normalized spacial score (nSPS) is 9.69. The second kappa shape index (κ2) is 4.61. The minimum Gasteiger partial charge on any atom is -0.496 e. The van der Waals surface area contributed by atoms with Crippen molar-refractivity contribution < 1.29 is 14.5 Å². The molecule has 0 saturated carbocycles. The molecule has 1 aromatic rings. The van der Waals surface area contributed by atoms with Gasteiger partial charge in [-0.15, -0.1) is 0 Å². The molecule has 6 heteroatoms. The van der Waals surface area contributed by atoms with Gasteiger partial charge in [0.05, 0.1) is 17.6 Å². The fourth-order valence-electron chi connectivity index (χ4n) is 1.22. The van der Waals surface area contributed by atoms with Gasteiger partial charge in [-0.1, -0.05) is 0 Å². The number of non-ortho nitro benzene ring substituents is 1. The average molecular weight is 224 g/mol. The molecule has 0 spiro atoms. The number of hydrogen-bond acceptors (Lipinski definition) is 4. The Labute approximate surface area is 92.6 Å². The molecule has 0 N–H and O–H groups in total. The minimum atomic E-state index is -0.550. The molecule has 1 aromatic carbocycles. The van der Waals surface area contributed by atoms with Crippen LogP contribution < -0.4 is 4.74 Å². The molecule has 1 amide bonds. The number of ether oxygens (including phenoxy) is 1. The van der Waals surface area contributed by atoms with Crippen molar-refractivity contribution in [1.29, 1.82) is 0 Å². The van der Waals surface area contributed by atoms with Gasteiger partial charge in [0.1, 0.15) is 5.75 Å². The Kier molecular flexibility index (Phi) is 3.44. The van der Waals surface area contributed by atoms with E-state index in [0.717, 1.165) is 0 Å². The first kappa shape index (κ1) is 12.0. The number of carbonyl (C=O) groups excluding carboxylic acids is 1. The van der Waals surface area contributed by atoms with Gasteiger partial charge >= 0.3 is 0 Å². The summed E-state index contributed by atoms with van der Waals surface area (Å²) in [5.74, 6) is -0.00940. The van der Waals surface area contributed by atoms with Gasteiger partial charge in [0.15, 0.2) is 0 Å². The predicted molar refractivity (Wildman–Crippen MR) is 57.7 cm³/mol. The second-order valence-corrected chi connectivity index (χ2v) is 3.34. The van der Waals surface area contributed by atoms with Crippen LogP contribution in [-0.4, -0.2) is 36.9 Å². The number of benzene rings is 1. The van der Waals surface area contributed by atoms with Gasteiger partial charge in [0.25, 0.3) is 11.6 Å². The molecule has 0 aliphatic rings. The van der Waals surface area contributed by atoms with Gasteiger partial charge in [-0.3, -0.25) is 14.9 Å². The smallest absolute Gasteiger partial charge is 0.270 e.